The second-order valence-corrected chi connectivity index (χ2v) is 11.2. The van der Waals surface area contributed by atoms with Crippen LogP contribution in [-0.4, -0.2) is 51.9 Å². The Labute approximate surface area is 244 Å². The Kier molecular flexibility index (Phi) is 9.51. The molecule has 11 heteroatoms. The monoisotopic (exact) mass is 577 g/mol. The van der Waals surface area contributed by atoms with Gasteiger partial charge in [-0.3, -0.25) is 10.1 Å². The number of tetrazole rings is 1. The molecule has 2 unspecified atom stereocenters. The Hall–Kier alpha value is -3.92. The normalized spacial score (nSPS) is 21.1. The number of carbonyl (C=O) groups excluding carboxylic acids is 2. The number of ether oxygens (including phenoxy) is 1. The Morgan fingerprint density at radius 3 is 2.83 bits per heavy atom. The average Bonchev–Trinajstić information content (AvgIpc) is 3.52. The third-order valence-electron chi connectivity index (χ3n) is 8.04. The summed E-state index contributed by atoms with van der Waals surface area (Å²) in [5.41, 5.74) is 4.53. The van der Waals surface area contributed by atoms with Crippen molar-refractivity contribution in [2.45, 2.75) is 63.3 Å². The highest BCUT2D eigenvalue weighted by Gasteiger charge is 2.31. The van der Waals surface area contributed by atoms with Gasteiger partial charge in [0.1, 0.15) is 6.33 Å². The number of nitrogens with zero attached hydrogens (tertiary/aromatic N) is 4. The van der Waals surface area contributed by atoms with E-state index in [9.17, 15) is 9.59 Å². The number of anilines is 2. The predicted molar refractivity (Wildman–Crippen MR) is 159 cm³/mol. The van der Waals surface area contributed by atoms with Gasteiger partial charge in [0.15, 0.2) is 0 Å². The van der Waals surface area contributed by atoms with Crippen LogP contribution in [-0.2, 0) is 9.53 Å². The zero-order chi connectivity index (χ0) is 28.6. The molecular weight excluding hydrogens is 542 g/mol. The number of rotatable bonds is 5. The van der Waals surface area contributed by atoms with Crippen molar-refractivity contribution >= 4 is 41.1 Å². The van der Waals surface area contributed by atoms with E-state index in [1.54, 1.807) is 29.0 Å². The SMILES string of the molecule is COC(=O)Nc1ccc2c(c1)NCCCCC[C@H](NC(=O)/C=C/c1cc(Cl)ccc1-n1cnnn1)C1CCCC2C1. The summed E-state index contributed by atoms with van der Waals surface area (Å²) in [5.74, 6) is 0.643. The molecule has 3 aromatic rings. The Morgan fingerprint density at radius 1 is 1.10 bits per heavy atom. The standard InChI is InChI=1S/C30H36ClN7O3/c1-41-30(40)34-24-11-12-25-20-6-5-7-21(16-20)26(8-3-2-4-15-32-27(25)18-24)35-29(39)14-9-22-17-23(31)10-13-28(22)38-19-33-36-37-38/h9-14,17-21,26,32H,2-8,15-16H2,1H3,(H,34,40)(H,35,39)/b14-9+/t20?,21?,26-/m0/s1. The summed E-state index contributed by atoms with van der Waals surface area (Å²) in [5, 5.41) is 21.7. The van der Waals surface area contributed by atoms with Crippen LogP contribution in [0.15, 0.2) is 48.8 Å². The number of hydrogen-bond acceptors (Lipinski definition) is 7. The number of carbonyl (C=O) groups is 2. The van der Waals surface area contributed by atoms with E-state index in [2.05, 4.69) is 37.5 Å². The van der Waals surface area contributed by atoms with Crippen molar-refractivity contribution in [3.63, 3.8) is 0 Å². The van der Waals surface area contributed by atoms with Crippen LogP contribution in [0.4, 0.5) is 16.2 Å². The van der Waals surface area contributed by atoms with E-state index >= 15 is 0 Å². The van der Waals surface area contributed by atoms with E-state index < -0.39 is 6.09 Å². The van der Waals surface area contributed by atoms with E-state index in [1.807, 2.05) is 18.2 Å². The van der Waals surface area contributed by atoms with E-state index in [-0.39, 0.29) is 11.9 Å². The molecule has 0 spiro atoms. The molecule has 2 heterocycles. The molecule has 2 aliphatic rings. The highest BCUT2D eigenvalue weighted by Crippen LogP contribution is 2.42. The van der Waals surface area contributed by atoms with Gasteiger partial charge in [-0.2, -0.15) is 4.68 Å². The molecule has 1 saturated carbocycles. The van der Waals surface area contributed by atoms with Gasteiger partial charge < -0.3 is 15.4 Å². The summed E-state index contributed by atoms with van der Waals surface area (Å²) < 4.78 is 6.31. The number of amides is 2. The second-order valence-electron chi connectivity index (χ2n) is 10.7. The average molecular weight is 578 g/mol. The van der Waals surface area contributed by atoms with Crippen LogP contribution in [0.25, 0.3) is 11.8 Å². The first-order valence-electron chi connectivity index (χ1n) is 14.2. The third kappa shape index (κ3) is 7.43. The minimum atomic E-state index is -0.481. The number of methoxy groups -OCH3 is 1. The summed E-state index contributed by atoms with van der Waals surface area (Å²) in [4.78, 5) is 25.0. The van der Waals surface area contributed by atoms with Crippen LogP contribution >= 0.6 is 11.6 Å². The maximum absolute atomic E-state index is 13.2. The van der Waals surface area contributed by atoms with Crippen molar-refractivity contribution in [1.29, 1.82) is 0 Å². The van der Waals surface area contributed by atoms with Crippen molar-refractivity contribution < 1.29 is 14.3 Å². The zero-order valence-corrected chi connectivity index (χ0v) is 23.9. The first kappa shape index (κ1) is 28.6. The lowest BCUT2D eigenvalue weighted by Gasteiger charge is -2.36. The van der Waals surface area contributed by atoms with Crippen molar-refractivity contribution in [2.24, 2.45) is 5.92 Å². The fraction of sp³-hybridized carbons (Fsp3) is 0.433. The molecule has 1 aliphatic carbocycles. The molecule has 1 fully saturated rings. The smallest absolute Gasteiger partial charge is 0.411 e. The summed E-state index contributed by atoms with van der Waals surface area (Å²) in [6, 6.07) is 11.6. The molecule has 3 atom stereocenters. The van der Waals surface area contributed by atoms with Crippen LogP contribution < -0.4 is 16.0 Å². The zero-order valence-electron chi connectivity index (χ0n) is 23.2. The first-order valence-corrected chi connectivity index (χ1v) is 14.6. The van der Waals surface area contributed by atoms with Gasteiger partial charge in [-0.25, -0.2) is 4.79 Å². The van der Waals surface area contributed by atoms with E-state index in [0.29, 0.717) is 22.5 Å². The van der Waals surface area contributed by atoms with Crippen molar-refractivity contribution in [3.05, 3.63) is 65.0 Å². The van der Waals surface area contributed by atoms with Gasteiger partial charge in [-0.05, 0) is 96.3 Å². The fourth-order valence-corrected chi connectivity index (χ4v) is 6.22. The largest absolute Gasteiger partial charge is 0.453 e. The Morgan fingerprint density at radius 2 is 2.00 bits per heavy atom. The molecule has 10 nitrogen and oxygen atoms in total. The minimum absolute atomic E-state index is 0.101. The molecule has 0 saturated heterocycles. The maximum atomic E-state index is 13.2. The molecule has 216 valence electrons. The van der Waals surface area contributed by atoms with Gasteiger partial charge >= 0.3 is 6.09 Å². The van der Waals surface area contributed by atoms with E-state index in [0.717, 1.165) is 74.8 Å². The van der Waals surface area contributed by atoms with Gasteiger partial charge in [-0.1, -0.05) is 36.9 Å². The molecule has 0 radical (unpaired) electrons. The van der Waals surface area contributed by atoms with Crippen LogP contribution in [0.5, 0.6) is 0 Å². The topological polar surface area (TPSA) is 123 Å². The van der Waals surface area contributed by atoms with Gasteiger partial charge in [0.05, 0.1) is 12.8 Å². The molecule has 3 N–H and O–H groups in total. The van der Waals surface area contributed by atoms with Crippen LogP contribution in [0.1, 0.15) is 68.4 Å². The highest BCUT2D eigenvalue weighted by molar-refractivity contribution is 6.30. The number of halogens is 1. The number of aromatic nitrogens is 4. The van der Waals surface area contributed by atoms with E-state index in [1.165, 1.54) is 19.0 Å². The third-order valence-corrected chi connectivity index (χ3v) is 8.28. The molecule has 2 amide bonds. The summed E-state index contributed by atoms with van der Waals surface area (Å²) >= 11 is 6.24. The van der Waals surface area contributed by atoms with Gasteiger partial charge in [-0.15, -0.1) is 5.10 Å². The lowest BCUT2D eigenvalue weighted by molar-refractivity contribution is -0.117. The summed E-state index contributed by atoms with van der Waals surface area (Å²) in [6.45, 7) is 0.855. The predicted octanol–water partition coefficient (Wildman–Crippen LogP) is 5.95. The number of benzene rings is 2. The number of hydrogen-bond donors (Lipinski definition) is 3. The molecule has 1 aliphatic heterocycles. The van der Waals surface area contributed by atoms with Crippen LogP contribution in [0, 0.1) is 5.92 Å². The number of nitrogens with one attached hydrogen (secondary N) is 3. The Bertz CT molecular complexity index is 1380. The summed E-state index contributed by atoms with van der Waals surface area (Å²) in [7, 11) is 1.36. The van der Waals surface area contributed by atoms with Gasteiger partial charge in [0.2, 0.25) is 5.91 Å². The highest BCUT2D eigenvalue weighted by atomic mass is 35.5. The molecular formula is C30H36ClN7O3. The lowest BCUT2D eigenvalue weighted by atomic mass is 9.73. The second kappa shape index (κ2) is 13.6. The fourth-order valence-electron chi connectivity index (χ4n) is 6.04. The van der Waals surface area contributed by atoms with Gasteiger partial charge in [0, 0.05) is 40.6 Å². The molecule has 41 heavy (non-hydrogen) atoms. The minimum Gasteiger partial charge on any atom is -0.453 e. The molecule has 2 aromatic carbocycles. The molecule has 2 bridgehead atoms. The first-order chi connectivity index (χ1) is 20.0. The quantitative estimate of drug-likeness (QED) is 0.320. The van der Waals surface area contributed by atoms with Gasteiger partial charge in [0.25, 0.3) is 0 Å². The summed E-state index contributed by atoms with van der Waals surface area (Å²) in [6.07, 6.45) is 12.8. The molecule has 5 rings (SSSR count). The Balaban J connectivity index is 1.32. The molecule has 1 aromatic heterocycles. The van der Waals surface area contributed by atoms with E-state index in [4.69, 9.17) is 16.3 Å². The lowest BCUT2D eigenvalue weighted by Crippen LogP contribution is -2.41. The van der Waals surface area contributed by atoms with Crippen LogP contribution in [0.3, 0.4) is 0 Å². The van der Waals surface area contributed by atoms with Crippen molar-refractivity contribution in [3.8, 4) is 5.69 Å². The van der Waals surface area contributed by atoms with Crippen LogP contribution in [0.2, 0.25) is 5.02 Å². The maximum Gasteiger partial charge on any atom is 0.411 e. The van der Waals surface area contributed by atoms with Crippen molar-refractivity contribution in [1.82, 2.24) is 25.5 Å². The number of fused-ring (bicyclic) bond motifs is 4. The van der Waals surface area contributed by atoms with Crippen molar-refractivity contribution in [2.75, 3.05) is 24.3 Å².